The monoisotopic (exact) mass is 440 g/mol. The Bertz CT molecular complexity index is 1210. The average Bonchev–Trinajstić information content (AvgIpc) is 3.34. The molecule has 0 radical (unpaired) electrons. The number of carbonyl (C=O) groups is 2. The van der Waals surface area contributed by atoms with Crippen molar-refractivity contribution < 1.29 is 9.59 Å². The first kappa shape index (κ1) is 20.5. The highest BCUT2D eigenvalue weighted by atomic mass is 32.1. The van der Waals surface area contributed by atoms with Crippen molar-refractivity contribution in [3.05, 3.63) is 111 Å². The number of ketones is 1. The minimum atomic E-state index is -0.382. The van der Waals surface area contributed by atoms with E-state index in [2.05, 4.69) is 22.1 Å². The third kappa shape index (κ3) is 3.80. The first-order chi connectivity index (χ1) is 15.6. The number of anilines is 1. The molecule has 2 heterocycles. The molecule has 32 heavy (non-hydrogen) atoms. The van der Waals surface area contributed by atoms with Gasteiger partial charge in [0.15, 0.2) is 5.78 Å². The number of dihydropyridines is 1. The Morgan fingerprint density at radius 3 is 2.38 bits per heavy atom. The predicted molar refractivity (Wildman–Crippen MR) is 128 cm³/mol. The number of hydrogen-bond donors (Lipinski definition) is 2. The molecule has 160 valence electrons. The molecular weight excluding hydrogens is 416 g/mol. The zero-order valence-corrected chi connectivity index (χ0v) is 18.6. The van der Waals surface area contributed by atoms with Gasteiger partial charge in [0, 0.05) is 51.4 Å². The van der Waals surface area contributed by atoms with Crippen LogP contribution in [0.1, 0.15) is 42.0 Å². The lowest BCUT2D eigenvalue weighted by Gasteiger charge is -2.36. The fourth-order valence-electron chi connectivity index (χ4n) is 4.76. The minimum absolute atomic E-state index is 0.114. The molecule has 2 unspecified atom stereocenters. The minimum Gasteiger partial charge on any atom is -0.362 e. The second-order valence-corrected chi connectivity index (χ2v) is 9.24. The van der Waals surface area contributed by atoms with Crippen molar-refractivity contribution in [1.82, 2.24) is 5.32 Å². The van der Waals surface area contributed by atoms with Gasteiger partial charge in [-0.1, -0.05) is 54.6 Å². The van der Waals surface area contributed by atoms with Crippen LogP contribution in [0.4, 0.5) is 5.69 Å². The van der Waals surface area contributed by atoms with Gasteiger partial charge in [0.1, 0.15) is 0 Å². The van der Waals surface area contributed by atoms with Gasteiger partial charge in [0.05, 0.1) is 0 Å². The Kier molecular flexibility index (Phi) is 5.50. The maximum atomic E-state index is 13.5. The van der Waals surface area contributed by atoms with Gasteiger partial charge in [0.2, 0.25) is 0 Å². The van der Waals surface area contributed by atoms with Crippen molar-refractivity contribution in [1.29, 1.82) is 0 Å². The van der Waals surface area contributed by atoms with Crippen LogP contribution < -0.4 is 10.6 Å². The molecular formula is C27H24N2O2S. The number of Topliss-reactive ketones (excluding diaryl/α,β-unsaturated/α-hetero) is 1. The van der Waals surface area contributed by atoms with Gasteiger partial charge in [-0.05, 0) is 42.5 Å². The van der Waals surface area contributed by atoms with E-state index in [4.69, 9.17) is 0 Å². The maximum absolute atomic E-state index is 13.5. The van der Waals surface area contributed by atoms with Crippen LogP contribution in [0.2, 0.25) is 0 Å². The topological polar surface area (TPSA) is 58.2 Å². The van der Waals surface area contributed by atoms with Gasteiger partial charge in [0.25, 0.3) is 5.91 Å². The van der Waals surface area contributed by atoms with Crippen molar-refractivity contribution in [2.75, 3.05) is 5.32 Å². The standard InChI is InChI=1S/C27H24N2O2S/c1-17-24(27(31)29-20-11-6-3-7-12-20)25(18-9-4-2-5-10-18)26-21(28-17)15-19(16-22(26)30)23-13-8-14-32-23/h2-14,19,25,28H,15-16H2,1H3,(H,29,31). The predicted octanol–water partition coefficient (Wildman–Crippen LogP) is 5.75. The molecule has 2 N–H and O–H groups in total. The number of benzene rings is 2. The summed E-state index contributed by atoms with van der Waals surface area (Å²) in [4.78, 5) is 28.2. The number of allylic oxidation sites excluding steroid dienone is 3. The summed E-state index contributed by atoms with van der Waals surface area (Å²) in [6, 6.07) is 23.4. The molecule has 0 saturated heterocycles. The lowest BCUT2D eigenvalue weighted by Crippen LogP contribution is -2.37. The molecule has 1 aromatic heterocycles. The Morgan fingerprint density at radius 2 is 1.69 bits per heavy atom. The van der Waals surface area contributed by atoms with E-state index in [1.165, 1.54) is 4.88 Å². The molecule has 0 fully saturated rings. The lowest BCUT2D eigenvalue weighted by molar-refractivity contribution is -0.116. The Balaban J connectivity index is 1.56. The fraction of sp³-hybridized carbons (Fsp3) is 0.185. The maximum Gasteiger partial charge on any atom is 0.254 e. The molecule has 5 heteroatoms. The van der Waals surface area contributed by atoms with Gasteiger partial charge in [-0.25, -0.2) is 0 Å². The lowest BCUT2D eigenvalue weighted by atomic mass is 9.72. The van der Waals surface area contributed by atoms with Crippen LogP contribution in [0.5, 0.6) is 0 Å². The van der Waals surface area contributed by atoms with Crippen LogP contribution >= 0.6 is 11.3 Å². The van der Waals surface area contributed by atoms with E-state index in [0.29, 0.717) is 12.0 Å². The Morgan fingerprint density at radius 1 is 0.969 bits per heavy atom. The summed E-state index contributed by atoms with van der Waals surface area (Å²) in [6.45, 7) is 1.93. The molecule has 2 atom stereocenters. The summed E-state index contributed by atoms with van der Waals surface area (Å²) in [5.74, 6) is -0.274. The quantitative estimate of drug-likeness (QED) is 0.543. The highest BCUT2D eigenvalue weighted by Gasteiger charge is 2.40. The molecule has 1 amide bonds. The van der Waals surface area contributed by atoms with Crippen LogP contribution in [0, 0.1) is 0 Å². The first-order valence-corrected chi connectivity index (χ1v) is 11.7. The second kappa shape index (κ2) is 8.60. The third-order valence-electron chi connectivity index (χ3n) is 6.18. The van der Waals surface area contributed by atoms with Gasteiger partial charge < -0.3 is 10.6 Å². The van der Waals surface area contributed by atoms with Crippen molar-refractivity contribution in [2.45, 2.75) is 31.6 Å². The molecule has 0 bridgehead atoms. The van der Waals surface area contributed by atoms with Crippen molar-refractivity contribution in [3.63, 3.8) is 0 Å². The van der Waals surface area contributed by atoms with E-state index < -0.39 is 0 Å². The smallest absolute Gasteiger partial charge is 0.254 e. The number of thiophene rings is 1. The fourth-order valence-corrected chi connectivity index (χ4v) is 5.59. The number of rotatable bonds is 4. The Labute approximate surface area is 191 Å². The van der Waals surface area contributed by atoms with Crippen LogP contribution in [-0.4, -0.2) is 11.7 Å². The molecule has 4 nitrogen and oxygen atoms in total. The molecule has 1 aliphatic heterocycles. The number of hydrogen-bond acceptors (Lipinski definition) is 4. The molecule has 5 rings (SSSR count). The highest BCUT2D eigenvalue weighted by molar-refractivity contribution is 7.10. The average molecular weight is 441 g/mol. The molecule has 0 saturated carbocycles. The molecule has 2 aromatic carbocycles. The number of carbonyl (C=O) groups excluding carboxylic acids is 2. The van der Waals surface area contributed by atoms with Crippen LogP contribution in [0.3, 0.4) is 0 Å². The van der Waals surface area contributed by atoms with E-state index in [0.717, 1.165) is 34.6 Å². The van der Waals surface area contributed by atoms with Gasteiger partial charge in [-0.15, -0.1) is 11.3 Å². The third-order valence-corrected chi connectivity index (χ3v) is 7.22. The zero-order valence-electron chi connectivity index (χ0n) is 17.8. The van der Waals surface area contributed by atoms with Crippen LogP contribution in [0.15, 0.2) is 101 Å². The summed E-state index contributed by atoms with van der Waals surface area (Å²) >= 11 is 1.70. The largest absolute Gasteiger partial charge is 0.362 e. The molecule has 3 aromatic rings. The van der Waals surface area contributed by atoms with E-state index in [-0.39, 0.29) is 23.5 Å². The van der Waals surface area contributed by atoms with E-state index in [1.807, 2.05) is 73.7 Å². The molecule has 1 aliphatic carbocycles. The summed E-state index contributed by atoms with van der Waals surface area (Å²) in [7, 11) is 0. The highest BCUT2D eigenvalue weighted by Crippen LogP contribution is 2.46. The van der Waals surface area contributed by atoms with Gasteiger partial charge >= 0.3 is 0 Å². The normalized spacial score (nSPS) is 20.6. The summed E-state index contributed by atoms with van der Waals surface area (Å²) in [5.41, 5.74) is 4.77. The van der Waals surface area contributed by atoms with Crippen molar-refractivity contribution in [2.24, 2.45) is 0 Å². The molecule has 2 aliphatic rings. The molecule has 0 spiro atoms. The summed E-state index contributed by atoms with van der Waals surface area (Å²) in [6.07, 6.45) is 1.24. The zero-order chi connectivity index (χ0) is 22.1. The van der Waals surface area contributed by atoms with Crippen molar-refractivity contribution in [3.8, 4) is 0 Å². The SMILES string of the molecule is CC1=C(C(=O)Nc2ccccc2)C(c2ccccc2)C2=C(CC(c3cccs3)CC2=O)N1. The van der Waals surface area contributed by atoms with E-state index in [1.54, 1.807) is 11.3 Å². The van der Waals surface area contributed by atoms with E-state index in [9.17, 15) is 9.59 Å². The second-order valence-electron chi connectivity index (χ2n) is 8.26. The van der Waals surface area contributed by atoms with Crippen LogP contribution in [-0.2, 0) is 9.59 Å². The van der Waals surface area contributed by atoms with Gasteiger partial charge in [-0.2, -0.15) is 0 Å². The summed E-state index contributed by atoms with van der Waals surface area (Å²) < 4.78 is 0. The Hall–Kier alpha value is -3.44. The van der Waals surface area contributed by atoms with E-state index >= 15 is 0 Å². The number of para-hydroxylation sites is 1. The van der Waals surface area contributed by atoms with Crippen molar-refractivity contribution >= 4 is 28.7 Å². The summed E-state index contributed by atoms with van der Waals surface area (Å²) in [5, 5.41) is 8.51. The van der Waals surface area contributed by atoms with Crippen LogP contribution in [0.25, 0.3) is 0 Å². The number of amides is 1. The van der Waals surface area contributed by atoms with Gasteiger partial charge in [-0.3, -0.25) is 9.59 Å². The number of nitrogens with one attached hydrogen (secondary N) is 2. The first-order valence-electron chi connectivity index (χ1n) is 10.8.